The minimum atomic E-state index is -0.344. The number of likely N-dealkylation sites (tertiary alicyclic amines) is 1. The monoisotopic (exact) mass is 363 g/mol. The van der Waals surface area contributed by atoms with Gasteiger partial charge in [0.1, 0.15) is 0 Å². The van der Waals surface area contributed by atoms with Gasteiger partial charge in [-0.1, -0.05) is 6.07 Å². The summed E-state index contributed by atoms with van der Waals surface area (Å²) < 4.78 is 19.1. The summed E-state index contributed by atoms with van der Waals surface area (Å²) in [5.41, 5.74) is 0.789. The van der Waals surface area contributed by atoms with Gasteiger partial charge in [0.05, 0.1) is 12.8 Å². The molecule has 0 atom stereocenters. The summed E-state index contributed by atoms with van der Waals surface area (Å²) in [6.45, 7) is 4.67. The molecule has 0 N–H and O–H groups in total. The third-order valence-electron chi connectivity index (χ3n) is 5.10. The van der Waals surface area contributed by atoms with Crippen molar-refractivity contribution in [2.75, 3.05) is 51.3 Å². The number of benzene rings is 1. The largest absolute Gasteiger partial charge is 0.492 e. The fourth-order valence-electron chi connectivity index (χ4n) is 3.66. The van der Waals surface area contributed by atoms with Gasteiger partial charge in [-0.3, -0.25) is 19.4 Å². The first-order chi connectivity index (χ1) is 12.6. The molecule has 142 valence electrons. The van der Waals surface area contributed by atoms with Gasteiger partial charge in [-0.05, 0) is 31.5 Å². The number of ether oxygens (including phenoxy) is 1. The Bertz CT molecular complexity index is 643. The lowest BCUT2D eigenvalue weighted by Crippen LogP contribution is -2.47. The van der Waals surface area contributed by atoms with E-state index in [0.29, 0.717) is 31.6 Å². The highest BCUT2D eigenvalue weighted by Gasteiger charge is 2.26. The fraction of sp³-hybridized carbons (Fsp3) is 0.579. The lowest BCUT2D eigenvalue weighted by atomic mass is 10.1. The predicted molar refractivity (Wildman–Crippen MR) is 96.8 cm³/mol. The van der Waals surface area contributed by atoms with Crippen LogP contribution < -0.4 is 9.64 Å². The highest BCUT2D eigenvalue weighted by atomic mass is 19.1. The number of para-hydroxylation sites is 1. The van der Waals surface area contributed by atoms with Crippen LogP contribution in [0, 0.1) is 5.82 Å². The average Bonchev–Trinajstić information content (AvgIpc) is 2.64. The Balaban J connectivity index is 1.46. The predicted octanol–water partition coefficient (Wildman–Crippen LogP) is 1.89. The van der Waals surface area contributed by atoms with Gasteiger partial charge in [0.2, 0.25) is 11.8 Å². The van der Waals surface area contributed by atoms with Crippen molar-refractivity contribution in [2.24, 2.45) is 0 Å². The highest BCUT2D eigenvalue weighted by Crippen LogP contribution is 2.31. The Kier molecular flexibility index (Phi) is 6.08. The van der Waals surface area contributed by atoms with Crippen LogP contribution in [0.1, 0.15) is 25.7 Å². The number of amides is 2. The minimum absolute atomic E-state index is 0.0377. The summed E-state index contributed by atoms with van der Waals surface area (Å²) in [4.78, 5) is 29.5. The molecular formula is C19H26FN3O3. The van der Waals surface area contributed by atoms with E-state index in [4.69, 9.17) is 4.74 Å². The van der Waals surface area contributed by atoms with Crippen LogP contribution in [0.25, 0.3) is 0 Å². The molecule has 2 heterocycles. The number of carbonyl (C=O) groups is 2. The maximum atomic E-state index is 13.9. The van der Waals surface area contributed by atoms with Crippen molar-refractivity contribution < 1.29 is 18.7 Å². The maximum Gasteiger partial charge on any atom is 0.229 e. The number of halogens is 1. The third-order valence-corrected chi connectivity index (χ3v) is 5.10. The topological polar surface area (TPSA) is 53.1 Å². The van der Waals surface area contributed by atoms with E-state index in [2.05, 4.69) is 9.80 Å². The highest BCUT2D eigenvalue weighted by molar-refractivity contribution is 5.97. The summed E-state index contributed by atoms with van der Waals surface area (Å²) in [6, 6.07) is 4.99. The Hall–Kier alpha value is -2.15. The second kappa shape index (κ2) is 8.49. The number of methoxy groups -OCH3 is 1. The molecule has 26 heavy (non-hydrogen) atoms. The van der Waals surface area contributed by atoms with Crippen LogP contribution in [0.5, 0.6) is 5.75 Å². The molecule has 2 saturated heterocycles. The van der Waals surface area contributed by atoms with Crippen LogP contribution in [-0.2, 0) is 9.59 Å². The Labute approximate surface area is 153 Å². The van der Waals surface area contributed by atoms with E-state index in [1.165, 1.54) is 18.1 Å². The molecule has 0 bridgehead atoms. The lowest BCUT2D eigenvalue weighted by molar-refractivity contribution is -0.148. The molecule has 6 nitrogen and oxygen atoms in total. The number of rotatable bonds is 6. The first kappa shape index (κ1) is 18.6. The van der Waals surface area contributed by atoms with Gasteiger partial charge in [-0.2, -0.15) is 0 Å². The SMILES string of the molecule is COc1c(F)cccc1N1CCN(CCCN2C(=O)CCCC2=O)CC1. The number of hydrogen-bond donors (Lipinski definition) is 0. The van der Waals surface area contributed by atoms with Crippen LogP contribution in [0.15, 0.2) is 18.2 Å². The second-order valence-corrected chi connectivity index (χ2v) is 6.77. The van der Waals surface area contributed by atoms with Crippen molar-refractivity contribution >= 4 is 17.5 Å². The molecule has 0 saturated carbocycles. The van der Waals surface area contributed by atoms with Crippen molar-refractivity contribution in [3.63, 3.8) is 0 Å². The van der Waals surface area contributed by atoms with Crippen LogP contribution >= 0.6 is 0 Å². The van der Waals surface area contributed by atoms with E-state index in [9.17, 15) is 14.0 Å². The average molecular weight is 363 g/mol. The van der Waals surface area contributed by atoms with Gasteiger partial charge in [-0.15, -0.1) is 0 Å². The van der Waals surface area contributed by atoms with Crippen molar-refractivity contribution in [3.8, 4) is 5.75 Å². The van der Waals surface area contributed by atoms with Crippen molar-refractivity contribution in [3.05, 3.63) is 24.0 Å². The van der Waals surface area contributed by atoms with Gasteiger partial charge < -0.3 is 9.64 Å². The zero-order valence-electron chi connectivity index (χ0n) is 15.2. The van der Waals surface area contributed by atoms with Crippen LogP contribution in [0.3, 0.4) is 0 Å². The summed E-state index contributed by atoms with van der Waals surface area (Å²) in [5.74, 6) is -0.125. The zero-order valence-corrected chi connectivity index (χ0v) is 15.2. The molecule has 0 radical (unpaired) electrons. The molecular weight excluding hydrogens is 337 g/mol. The van der Waals surface area contributed by atoms with Crippen LogP contribution in [0.4, 0.5) is 10.1 Å². The zero-order chi connectivity index (χ0) is 18.5. The number of anilines is 1. The number of piperazine rings is 1. The molecule has 1 aromatic rings. The third kappa shape index (κ3) is 4.15. The van der Waals surface area contributed by atoms with Gasteiger partial charge in [0.25, 0.3) is 0 Å². The molecule has 3 rings (SSSR count). The number of imide groups is 1. The van der Waals surface area contributed by atoms with Crippen molar-refractivity contribution in [1.82, 2.24) is 9.80 Å². The van der Waals surface area contributed by atoms with Gasteiger partial charge in [0, 0.05) is 45.6 Å². The minimum Gasteiger partial charge on any atom is -0.492 e. The fourth-order valence-corrected chi connectivity index (χ4v) is 3.66. The molecule has 2 fully saturated rings. The Morgan fingerprint density at radius 1 is 1.04 bits per heavy atom. The Morgan fingerprint density at radius 3 is 2.38 bits per heavy atom. The summed E-state index contributed by atoms with van der Waals surface area (Å²) in [6.07, 6.45) is 2.44. The smallest absolute Gasteiger partial charge is 0.229 e. The Morgan fingerprint density at radius 2 is 1.73 bits per heavy atom. The van der Waals surface area contributed by atoms with E-state index in [-0.39, 0.29) is 17.6 Å². The first-order valence-electron chi connectivity index (χ1n) is 9.23. The number of hydrogen-bond acceptors (Lipinski definition) is 5. The lowest BCUT2D eigenvalue weighted by Gasteiger charge is -2.37. The van der Waals surface area contributed by atoms with Crippen molar-refractivity contribution in [2.45, 2.75) is 25.7 Å². The normalized spacial score (nSPS) is 19.2. The molecule has 0 aromatic heterocycles. The number of piperidine rings is 1. The van der Waals surface area contributed by atoms with Crippen molar-refractivity contribution in [1.29, 1.82) is 0 Å². The van der Waals surface area contributed by atoms with Gasteiger partial charge in [-0.25, -0.2) is 4.39 Å². The first-order valence-corrected chi connectivity index (χ1v) is 9.23. The molecule has 0 aliphatic carbocycles. The quantitative estimate of drug-likeness (QED) is 0.723. The molecule has 2 amide bonds. The molecule has 0 spiro atoms. The van der Waals surface area contributed by atoms with Crippen LogP contribution in [0.2, 0.25) is 0 Å². The molecule has 1 aromatic carbocycles. The molecule has 2 aliphatic rings. The molecule has 2 aliphatic heterocycles. The van der Waals surface area contributed by atoms with Gasteiger partial charge >= 0.3 is 0 Å². The summed E-state index contributed by atoms with van der Waals surface area (Å²) >= 11 is 0. The van der Waals surface area contributed by atoms with Crippen LogP contribution in [-0.4, -0.2) is 68.0 Å². The van der Waals surface area contributed by atoms with E-state index in [1.54, 1.807) is 6.07 Å². The van der Waals surface area contributed by atoms with Gasteiger partial charge in [0.15, 0.2) is 11.6 Å². The maximum absolute atomic E-state index is 13.9. The summed E-state index contributed by atoms with van der Waals surface area (Å²) in [5, 5.41) is 0. The van der Waals surface area contributed by atoms with E-state index < -0.39 is 0 Å². The standard InChI is InChI=1S/C19H26FN3O3/c1-26-19-15(20)5-2-6-16(19)22-13-11-21(12-14-22)9-4-10-23-17(24)7-3-8-18(23)25/h2,5-6H,3-4,7-14H2,1H3. The molecule has 0 unspecified atom stereocenters. The molecule has 7 heteroatoms. The van der Waals surface area contributed by atoms with E-state index in [1.807, 2.05) is 6.07 Å². The van der Waals surface area contributed by atoms with E-state index in [0.717, 1.165) is 44.8 Å². The van der Waals surface area contributed by atoms with E-state index >= 15 is 0 Å². The number of carbonyl (C=O) groups excluding carboxylic acids is 2. The second-order valence-electron chi connectivity index (χ2n) is 6.77. The number of nitrogens with zero attached hydrogens (tertiary/aromatic N) is 3. The summed E-state index contributed by atoms with van der Waals surface area (Å²) in [7, 11) is 1.49.